The van der Waals surface area contributed by atoms with Crippen LogP contribution in [-0.4, -0.2) is 31.5 Å². The quantitative estimate of drug-likeness (QED) is 0.204. The Hall–Kier alpha value is -2.81. The summed E-state index contributed by atoms with van der Waals surface area (Å²) in [5.41, 5.74) is 12.1. The fraction of sp³-hybridized carbons (Fsp3) is 0.167. The Kier molecular flexibility index (Phi) is 16.5. The Morgan fingerprint density at radius 1 is 1.03 bits per heavy atom. The molecule has 0 bridgehead atoms. The number of thiophene rings is 1. The van der Waals surface area contributed by atoms with Crippen molar-refractivity contribution >= 4 is 57.1 Å². The number of nitrogens with two attached hydrogens (primary N) is 3. The number of amides is 2. The molecule has 37 heavy (non-hydrogen) atoms. The van der Waals surface area contributed by atoms with E-state index in [4.69, 9.17) is 19.5 Å². The highest BCUT2D eigenvalue weighted by Gasteiger charge is 2.22. The number of primary amides is 2. The number of methoxy groups -OCH3 is 1. The molecule has 3 aromatic rings. The minimum absolute atomic E-state index is 0. The molecule has 0 aliphatic rings. The molecule has 0 spiro atoms. The smallest absolute Gasteiger partial charge is 0.273 e. The standard InChI is InChI=1S/C21H21NO3S2.2CH3NOS.CH4.H2O/c1-4-14(2)21-20(15-9-11-16(25-3)12-10-15)18(13-26-21)17-7-5-6-8-19(17)27(22,23)24;2*2-1(3)4;;/h4-14H,1H2,2-3H3,(H2,22,23,24);2*(H3,2,3,4);1H4;1H2. The molecule has 0 saturated carbocycles. The summed E-state index contributed by atoms with van der Waals surface area (Å²) >= 11 is 7.80. The van der Waals surface area contributed by atoms with Crippen molar-refractivity contribution in [3.05, 3.63) is 71.4 Å². The molecule has 8 N–H and O–H groups in total. The van der Waals surface area contributed by atoms with Crippen LogP contribution >= 0.6 is 36.6 Å². The zero-order valence-electron chi connectivity index (χ0n) is 19.5. The van der Waals surface area contributed by atoms with E-state index in [1.807, 2.05) is 41.8 Å². The van der Waals surface area contributed by atoms with Crippen molar-refractivity contribution in [2.24, 2.45) is 16.6 Å². The SMILES string of the molecule is C.C=CC(C)c1scc(-c2ccccc2S(N)(=O)=O)c1-c1ccc(OC)cc1.NC(=O)S.NC(=O)S.O. The van der Waals surface area contributed by atoms with Crippen LogP contribution in [0.25, 0.3) is 22.3 Å². The van der Waals surface area contributed by atoms with Crippen LogP contribution in [-0.2, 0) is 10.0 Å². The molecule has 9 nitrogen and oxygen atoms in total. The molecular formula is C24H33N3O6S4. The summed E-state index contributed by atoms with van der Waals surface area (Å²) in [6, 6.07) is 14.6. The predicted octanol–water partition coefficient (Wildman–Crippen LogP) is 4.83. The Labute approximate surface area is 232 Å². The number of sulfonamides is 1. The van der Waals surface area contributed by atoms with Gasteiger partial charge in [0.2, 0.25) is 10.0 Å². The molecule has 0 aliphatic heterocycles. The van der Waals surface area contributed by atoms with Gasteiger partial charge in [-0.2, -0.15) is 0 Å². The van der Waals surface area contributed by atoms with Crippen LogP contribution in [0.15, 0.2) is 71.5 Å². The summed E-state index contributed by atoms with van der Waals surface area (Å²) < 4.78 is 29.5. The Balaban J connectivity index is 0. The number of hydrogen-bond acceptors (Lipinski definition) is 6. The van der Waals surface area contributed by atoms with Crippen LogP contribution < -0.4 is 21.3 Å². The van der Waals surface area contributed by atoms with Gasteiger partial charge in [-0.25, -0.2) is 13.6 Å². The molecule has 0 aliphatic carbocycles. The van der Waals surface area contributed by atoms with E-state index in [9.17, 15) is 8.42 Å². The van der Waals surface area contributed by atoms with Crippen molar-refractivity contribution < 1.29 is 28.2 Å². The highest BCUT2D eigenvalue weighted by Crippen LogP contribution is 2.44. The number of rotatable bonds is 6. The van der Waals surface area contributed by atoms with E-state index in [0.717, 1.165) is 27.3 Å². The molecular weight excluding hydrogens is 555 g/mol. The average Bonchev–Trinajstić information content (AvgIpc) is 3.22. The third-order valence-electron chi connectivity index (χ3n) is 4.45. The van der Waals surface area contributed by atoms with Gasteiger partial charge in [0.05, 0.1) is 12.0 Å². The lowest BCUT2D eigenvalue weighted by atomic mass is 9.93. The van der Waals surface area contributed by atoms with Crippen LogP contribution in [0.3, 0.4) is 0 Å². The van der Waals surface area contributed by atoms with Gasteiger partial charge in [-0.15, -0.1) is 17.9 Å². The first-order valence-corrected chi connectivity index (χ1v) is 13.1. The zero-order chi connectivity index (χ0) is 26.8. The summed E-state index contributed by atoms with van der Waals surface area (Å²) in [6.45, 7) is 5.98. The summed E-state index contributed by atoms with van der Waals surface area (Å²) in [5.74, 6) is 0.890. The fourth-order valence-corrected chi connectivity index (χ4v) is 4.90. The van der Waals surface area contributed by atoms with Crippen molar-refractivity contribution in [2.45, 2.75) is 25.2 Å². The average molecular weight is 588 g/mol. The van der Waals surface area contributed by atoms with Crippen LogP contribution in [0, 0.1) is 0 Å². The van der Waals surface area contributed by atoms with Gasteiger partial charge >= 0.3 is 0 Å². The Bertz CT molecular complexity index is 1260. The monoisotopic (exact) mass is 587 g/mol. The molecule has 13 heteroatoms. The summed E-state index contributed by atoms with van der Waals surface area (Å²) in [5, 5.41) is 6.16. The number of benzene rings is 2. The number of allylic oxidation sites excluding steroid dienone is 1. The van der Waals surface area contributed by atoms with Gasteiger partial charge in [-0.3, -0.25) is 9.59 Å². The predicted molar refractivity (Wildman–Crippen MR) is 159 cm³/mol. The fourth-order valence-electron chi connectivity index (χ4n) is 3.01. The topological polar surface area (TPSA) is 187 Å². The molecule has 204 valence electrons. The molecule has 1 heterocycles. The Morgan fingerprint density at radius 3 is 1.95 bits per heavy atom. The Morgan fingerprint density at radius 2 is 1.51 bits per heavy atom. The maximum absolute atomic E-state index is 12.1. The number of thiol groups is 2. The summed E-state index contributed by atoms with van der Waals surface area (Å²) in [4.78, 5) is 19.4. The van der Waals surface area contributed by atoms with E-state index in [2.05, 4.69) is 50.2 Å². The first-order valence-electron chi connectivity index (χ1n) is 9.80. The lowest BCUT2D eigenvalue weighted by molar-refractivity contribution is 0.266. The van der Waals surface area contributed by atoms with Crippen molar-refractivity contribution in [3.8, 4) is 28.0 Å². The van der Waals surface area contributed by atoms with E-state index in [1.54, 1.807) is 30.6 Å². The van der Waals surface area contributed by atoms with Gasteiger partial charge < -0.3 is 21.7 Å². The van der Waals surface area contributed by atoms with Crippen molar-refractivity contribution in [1.82, 2.24) is 0 Å². The number of carbonyl (C=O) groups is 2. The highest BCUT2D eigenvalue weighted by molar-refractivity contribution is 7.96. The second kappa shape index (κ2) is 16.8. The number of carbonyl (C=O) groups excluding carboxylic acids is 2. The lowest BCUT2D eigenvalue weighted by Gasteiger charge is -2.13. The van der Waals surface area contributed by atoms with Crippen LogP contribution in [0.2, 0.25) is 0 Å². The van der Waals surface area contributed by atoms with E-state index >= 15 is 0 Å². The molecule has 3 rings (SSSR count). The second-order valence-corrected chi connectivity index (χ2v) is 10.2. The van der Waals surface area contributed by atoms with Crippen LogP contribution in [0.5, 0.6) is 5.75 Å². The normalized spacial score (nSPS) is 10.5. The molecule has 0 saturated heterocycles. The van der Waals surface area contributed by atoms with E-state index in [1.165, 1.54) is 6.07 Å². The molecule has 1 unspecified atom stereocenters. The minimum Gasteiger partial charge on any atom is -0.497 e. The van der Waals surface area contributed by atoms with Crippen LogP contribution in [0.1, 0.15) is 25.1 Å². The minimum atomic E-state index is -3.84. The number of hydrogen-bond donors (Lipinski definition) is 5. The first-order chi connectivity index (χ1) is 16.3. The molecule has 1 aromatic heterocycles. The van der Waals surface area contributed by atoms with Gasteiger partial charge in [-0.1, -0.05) is 76.0 Å². The van der Waals surface area contributed by atoms with E-state index in [0.29, 0.717) is 5.56 Å². The molecule has 2 aromatic carbocycles. The number of primary sulfonamides is 1. The highest BCUT2D eigenvalue weighted by atomic mass is 32.2. The van der Waals surface area contributed by atoms with E-state index in [-0.39, 0.29) is 23.7 Å². The third-order valence-corrected chi connectivity index (χ3v) is 6.60. The molecule has 0 radical (unpaired) electrons. The van der Waals surface area contributed by atoms with Crippen molar-refractivity contribution in [1.29, 1.82) is 0 Å². The zero-order valence-corrected chi connectivity index (χ0v) is 23.0. The van der Waals surface area contributed by atoms with Gasteiger partial charge in [-0.05, 0) is 29.1 Å². The van der Waals surface area contributed by atoms with Gasteiger partial charge in [0.15, 0.2) is 0 Å². The van der Waals surface area contributed by atoms with Gasteiger partial charge in [0.25, 0.3) is 10.5 Å². The summed E-state index contributed by atoms with van der Waals surface area (Å²) in [6.07, 6.45) is 1.88. The maximum Gasteiger partial charge on any atom is 0.273 e. The van der Waals surface area contributed by atoms with Crippen molar-refractivity contribution in [2.75, 3.05) is 7.11 Å². The van der Waals surface area contributed by atoms with Crippen LogP contribution in [0.4, 0.5) is 9.59 Å². The van der Waals surface area contributed by atoms with Crippen molar-refractivity contribution in [3.63, 3.8) is 0 Å². The largest absolute Gasteiger partial charge is 0.497 e. The second-order valence-electron chi connectivity index (χ2n) is 6.86. The maximum atomic E-state index is 12.1. The third kappa shape index (κ3) is 11.4. The number of ether oxygens (including phenoxy) is 1. The summed E-state index contributed by atoms with van der Waals surface area (Å²) in [7, 11) is -2.22. The first kappa shape index (κ1) is 36.3. The molecule has 0 fully saturated rings. The lowest BCUT2D eigenvalue weighted by Crippen LogP contribution is -2.13. The molecule has 2 amide bonds. The van der Waals surface area contributed by atoms with Gasteiger partial charge in [0.1, 0.15) is 5.75 Å². The molecule has 1 atom stereocenters. The van der Waals surface area contributed by atoms with Gasteiger partial charge in [0, 0.05) is 27.5 Å². The van der Waals surface area contributed by atoms with E-state index < -0.39 is 20.5 Å².